The maximum absolute atomic E-state index is 12.6. The minimum absolute atomic E-state index is 0.160. The Hall–Kier alpha value is -2.54. The van der Waals surface area contributed by atoms with Gasteiger partial charge in [-0.1, -0.05) is 12.1 Å². The summed E-state index contributed by atoms with van der Waals surface area (Å²) >= 11 is 0. The van der Waals surface area contributed by atoms with Crippen molar-refractivity contribution in [2.45, 2.75) is 25.8 Å². The van der Waals surface area contributed by atoms with Gasteiger partial charge in [0.05, 0.1) is 25.1 Å². The molecule has 1 atom stereocenters. The molecule has 7 heteroatoms. The lowest BCUT2D eigenvalue weighted by molar-refractivity contribution is 0.0940. The van der Waals surface area contributed by atoms with E-state index in [9.17, 15) is 13.2 Å². The Balaban J connectivity index is 1.77. The molecule has 1 aliphatic rings. The number of fused-ring (bicyclic) bond motifs is 1. The second-order valence-corrected chi connectivity index (χ2v) is 8.66. The Labute approximate surface area is 160 Å². The maximum atomic E-state index is 12.6. The van der Waals surface area contributed by atoms with Gasteiger partial charge in [0.2, 0.25) is 10.0 Å². The standard InChI is InChI=1S/C20H24N2O4S/c1-14(15-6-9-18(26-2)10-7-15)21-20(23)17-8-11-19-16(13-17)5-4-12-22(19)27(3,24)25/h6-11,13-14H,4-5,12H2,1-3H3,(H,21,23). The molecule has 0 saturated heterocycles. The minimum Gasteiger partial charge on any atom is -0.497 e. The molecular formula is C20H24N2O4S. The third kappa shape index (κ3) is 4.24. The van der Waals surface area contributed by atoms with Crippen LogP contribution in [0.15, 0.2) is 42.5 Å². The van der Waals surface area contributed by atoms with Crippen LogP contribution in [0, 0.1) is 0 Å². The van der Waals surface area contributed by atoms with Crippen LogP contribution in [0.25, 0.3) is 0 Å². The second kappa shape index (κ2) is 7.60. The molecule has 1 aliphatic heterocycles. The number of methoxy groups -OCH3 is 1. The van der Waals surface area contributed by atoms with Crippen molar-refractivity contribution in [3.05, 3.63) is 59.2 Å². The highest BCUT2D eigenvalue weighted by Crippen LogP contribution is 2.30. The number of rotatable bonds is 5. The number of carbonyl (C=O) groups excluding carboxylic acids is 1. The van der Waals surface area contributed by atoms with E-state index in [2.05, 4.69) is 5.32 Å². The molecule has 0 aliphatic carbocycles. The molecular weight excluding hydrogens is 364 g/mol. The first-order valence-corrected chi connectivity index (χ1v) is 10.7. The van der Waals surface area contributed by atoms with E-state index in [1.54, 1.807) is 25.3 Å². The first-order valence-electron chi connectivity index (χ1n) is 8.85. The fraction of sp³-hybridized carbons (Fsp3) is 0.350. The van der Waals surface area contributed by atoms with E-state index < -0.39 is 10.0 Å². The van der Waals surface area contributed by atoms with E-state index in [0.717, 1.165) is 29.7 Å². The molecule has 0 saturated carbocycles. The number of aryl methyl sites for hydroxylation is 1. The Bertz CT molecular complexity index is 939. The van der Waals surface area contributed by atoms with Crippen molar-refractivity contribution in [3.63, 3.8) is 0 Å². The summed E-state index contributed by atoms with van der Waals surface area (Å²) in [7, 11) is -1.70. The number of carbonyl (C=O) groups is 1. The van der Waals surface area contributed by atoms with E-state index in [-0.39, 0.29) is 11.9 Å². The Morgan fingerprint density at radius 2 is 1.89 bits per heavy atom. The van der Waals surface area contributed by atoms with Crippen molar-refractivity contribution in [3.8, 4) is 5.75 Å². The zero-order valence-electron chi connectivity index (χ0n) is 15.7. The predicted octanol–water partition coefficient (Wildman–Crippen LogP) is 2.90. The summed E-state index contributed by atoms with van der Waals surface area (Å²) in [6.45, 7) is 2.40. The highest BCUT2D eigenvalue weighted by Gasteiger charge is 2.25. The Morgan fingerprint density at radius 1 is 1.19 bits per heavy atom. The minimum atomic E-state index is -3.31. The van der Waals surface area contributed by atoms with Gasteiger partial charge < -0.3 is 10.1 Å². The number of ether oxygens (including phenoxy) is 1. The summed E-state index contributed by atoms with van der Waals surface area (Å²) in [5.41, 5.74) is 3.06. The number of nitrogens with one attached hydrogen (secondary N) is 1. The normalized spacial score (nSPS) is 15.0. The van der Waals surface area contributed by atoms with E-state index in [1.165, 1.54) is 10.6 Å². The van der Waals surface area contributed by atoms with Gasteiger partial charge in [0.15, 0.2) is 0 Å². The van der Waals surface area contributed by atoms with E-state index in [4.69, 9.17) is 4.74 Å². The van der Waals surface area contributed by atoms with E-state index in [0.29, 0.717) is 17.8 Å². The van der Waals surface area contributed by atoms with Crippen LogP contribution < -0.4 is 14.4 Å². The smallest absolute Gasteiger partial charge is 0.251 e. The van der Waals surface area contributed by atoms with Crippen LogP contribution in [-0.4, -0.2) is 34.2 Å². The summed E-state index contributed by atoms with van der Waals surface area (Å²) in [6.07, 6.45) is 2.71. The van der Waals surface area contributed by atoms with Gasteiger partial charge in [-0.25, -0.2) is 8.42 Å². The molecule has 6 nitrogen and oxygen atoms in total. The quantitative estimate of drug-likeness (QED) is 0.855. The molecule has 0 radical (unpaired) electrons. The molecule has 1 amide bonds. The first-order chi connectivity index (χ1) is 12.8. The lowest BCUT2D eigenvalue weighted by Gasteiger charge is -2.29. The van der Waals surface area contributed by atoms with Gasteiger partial charge in [0.1, 0.15) is 5.75 Å². The summed E-state index contributed by atoms with van der Waals surface area (Å²) < 4.78 is 30.5. The molecule has 2 aromatic rings. The Morgan fingerprint density at radius 3 is 2.52 bits per heavy atom. The molecule has 2 aromatic carbocycles. The van der Waals surface area contributed by atoms with Crippen molar-refractivity contribution in [1.29, 1.82) is 0 Å². The van der Waals surface area contributed by atoms with Crippen LogP contribution >= 0.6 is 0 Å². The highest BCUT2D eigenvalue weighted by molar-refractivity contribution is 7.92. The van der Waals surface area contributed by atoms with Gasteiger partial charge in [-0.15, -0.1) is 0 Å². The average Bonchev–Trinajstić information content (AvgIpc) is 2.66. The van der Waals surface area contributed by atoms with E-state index >= 15 is 0 Å². The fourth-order valence-corrected chi connectivity index (χ4v) is 4.30. The van der Waals surface area contributed by atoms with Gasteiger partial charge in [-0.3, -0.25) is 9.10 Å². The third-order valence-electron chi connectivity index (χ3n) is 4.78. The van der Waals surface area contributed by atoms with Crippen LogP contribution in [0.5, 0.6) is 5.75 Å². The van der Waals surface area contributed by atoms with Crippen LogP contribution in [0.4, 0.5) is 5.69 Å². The molecule has 3 rings (SSSR count). The molecule has 1 heterocycles. The molecule has 27 heavy (non-hydrogen) atoms. The molecule has 0 aromatic heterocycles. The first kappa shape index (κ1) is 19.2. The zero-order valence-corrected chi connectivity index (χ0v) is 16.5. The molecule has 0 bridgehead atoms. The number of nitrogens with zero attached hydrogens (tertiary/aromatic N) is 1. The number of sulfonamides is 1. The molecule has 0 spiro atoms. The van der Waals surface area contributed by atoms with Crippen molar-refractivity contribution in [2.24, 2.45) is 0 Å². The summed E-state index contributed by atoms with van der Waals surface area (Å²) in [6, 6.07) is 12.6. The van der Waals surface area contributed by atoms with Crippen molar-refractivity contribution < 1.29 is 17.9 Å². The second-order valence-electron chi connectivity index (χ2n) is 6.75. The number of amides is 1. The number of benzene rings is 2. The SMILES string of the molecule is COc1ccc(C(C)NC(=O)c2ccc3c(c2)CCCN3S(C)(=O)=O)cc1. The van der Waals surface area contributed by atoms with Crippen molar-refractivity contribution in [1.82, 2.24) is 5.32 Å². The van der Waals surface area contributed by atoms with Crippen LogP contribution in [-0.2, 0) is 16.4 Å². The zero-order chi connectivity index (χ0) is 19.6. The van der Waals surface area contributed by atoms with Crippen LogP contribution in [0.2, 0.25) is 0 Å². The summed E-state index contributed by atoms with van der Waals surface area (Å²) in [4.78, 5) is 12.6. The van der Waals surface area contributed by atoms with Crippen molar-refractivity contribution in [2.75, 3.05) is 24.2 Å². The van der Waals surface area contributed by atoms with Crippen LogP contribution in [0.1, 0.15) is 40.9 Å². The molecule has 0 fully saturated rings. The largest absolute Gasteiger partial charge is 0.497 e. The van der Waals surface area contributed by atoms with Crippen LogP contribution in [0.3, 0.4) is 0 Å². The average molecular weight is 388 g/mol. The van der Waals surface area contributed by atoms with E-state index in [1.807, 2.05) is 31.2 Å². The summed E-state index contributed by atoms with van der Waals surface area (Å²) in [5, 5.41) is 2.99. The van der Waals surface area contributed by atoms with Gasteiger partial charge in [-0.05, 0) is 61.2 Å². The third-order valence-corrected chi connectivity index (χ3v) is 5.96. The Kier molecular flexibility index (Phi) is 5.41. The summed E-state index contributed by atoms with van der Waals surface area (Å²) in [5.74, 6) is 0.583. The molecule has 144 valence electrons. The number of hydrogen-bond acceptors (Lipinski definition) is 4. The number of anilines is 1. The lowest BCUT2D eigenvalue weighted by atomic mass is 10.00. The molecule has 1 unspecified atom stereocenters. The lowest BCUT2D eigenvalue weighted by Crippen LogP contribution is -2.35. The maximum Gasteiger partial charge on any atom is 0.251 e. The van der Waals surface area contributed by atoms with Gasteiger partial charge in [0.25, 0.3) is 5.91 Å². The number of hydrogen-bond donors (Lipinski definition) is 1. The van der Waals surface area contributed by atoms with Crippen molar-refractivity contribution >= 4 is 21.6 Å². The monoisotopic (exact) mass is 388 g/mol. The van der Waals surface area contributed by atoms with Gasteiger partial charge >= 0.3 is 0 Å². The fourth-order valence-electron chi connectivity index (χ4n) is 3.30. The predicted molar refractivity (Wildman–Crippen MR) is 106 cm³/mol. The van der Waals surface area contributed by atoms with Gasteiger partial charge in [0, 0.05) is 12.1 Å². The topological polar surface area (TPSA) is 75.7 Å². The molecule has 1 N–H and O–H groups in total. The highest BCUT2D eigenvalue weighted by atomic mass is 32.2. The van der Waals surface area contributed by atoms with Gasteiger partial charge in [-0.2, -0.15) is 0 Å².